The number of rotatable bonds is 6. The van der Waals surface area contributed by atoms with E-state index in [0.717, 1.165) is 0 Å². The molecule has 0 unspecified atom stereocenters. The van der Waals surface area contributed by atoms with Gasteiger partial charge in [-0.3, -0.25) is 0 Å². The van der Waals surface area contributed by atoms with Gasteiger partial charge in [0.25, 0.3) is 0 Å². The highest BCUT2D eigenvalue weighted by molar-refractivity contribution is 5.33. The summed E-state index contributed by atoms with van der Waals surface area (Å²) in [5.41, 5.74) is 1.23. The minimum atomic E-state index is -2.86. The second-order valence-electron chi connectivity index (χ2n) is 3.87. The van der Waals surface area contributed by atoms with Crippen LogP contribution in [-0.4, -0.2) is 33.3 Å². The normalized spacial score (nSPS) is 10.9. The van der Waals surface area contributed by atoms with E-state index in [4.69, 9.17) is 5.11 Å². The predicted octanol–water partition coefficient (Wildman–Crippen LogP) is 1.46. The first kappa shape index (κ1) is 13.4. The zero-order valence-corrected chi connectivity index (χ0v) is 10.0. The molecule has 1 aromatic carbocycles. The quantitative estimate of drug-likeness (QED) is 0.862. The molecule has 0 bridgehead atoms. The third kappa shape index (κ3) is 3.72. The van der Waals surface area contributed by atoms with E-state index in [9.17, 15) is 8.78 Å². The van der Waals surface area contributed by atoms with Crippen molar-refractivity contribution in [3.05, 3.63) is 41.7 Å². The lowest BCUT2D eigenvalue weighted by Crippen LogP contribution is -2.07. The second kappa shape index (κ2) is 6.24. The monoisotopic (exact) mass is 269 g/mol. The Morgan fingerprint density at radius 2 is 2.11 bits per heavy atom. The van der Waals surface area contributed by atoms with E-state index in [1.807, 2.05) is 0 Å². The maximum atomic E-state index is 12.3. The highest BCUT2D eigenvalue weighted by Crippen LogP contribution is 2.20. The molecule has 0 aliphatic rings. The van der Waals surface area contributed by atoms with Crippen molar-refractivity contribution in [2.45, 2.75) is 19.6 Å². The number of nitrogens with zero attached hydrogens (tertiary/aromatic N) is 3. The van der Waals surface area contributed by atoms with Crippen LogP contribution in [0.5, 0.6) is 5.75 Å². The van der Waals surface area contributed by atoms with Gasteiger partial charge >= 0.3 is 6.61 Å². The Kier molecular flexibility index (Phi) is 4.40. The van der Waals surface area contributed by atoms with E-state index in [2.05, 4.69) is 15.0 Å². The van der Waals surface area contributed by atoms with Crippen molar-refractivity contribution in [1.82, 2.24) is 15.0 Å². The van der Waals surface area contributed by atoms with Crippen LogP contribution in [0, 0.1) is 0 Å². The first-order valence-corrected chi connectivity index (χ1v) is 5.71. The average Bonchev–Trinajstić information content (AvgIpc) is 2.79. The lowest BCUT2D eigenvalue weighted by molar-refractivity contribution is -0.0505. The molecule has 0 atom stereocenters. The number of alkyl halides is 2. The number of halogens is 2. The first-order valence-electron chi connectivity index (χ1n) is 5.71. The summed E-state index contributed by atoms with van der Waals surface area (Å²) in [7, 11) is 0. The largest absolute Gasteiger partial charge is 0.434 e. The Bertz CT molecular complexity index is 531. The smallest absolute Gasteiger partial charge is 0.387 e. The molecule has 5 nitrogen and oxygen atoms in total. The van der Waals surface area contributed by atoms with Gasteiger partial charge in [0.15, 0.2) is 0 Å². The molecule has 2 aromatic rings. The van der Waals surface area contributed by atoms with Crippen molar-refractivity contribution in [3.8, 4) is 5.75 Å². The molecule has 19 heavy (non-hydrogen) atoms. The maximum absolute atomic E-state index is 12.3. The molecule has 0 aliphatic carbocycles. The van der Waals surface area contributed by atoms with E-state index < -0.39 is 6.61 Å². The van der Waals surface area contributed by atoms with E-state index >= 15 is 0 Å². The van der Waals surface area contributed by atoms with Crippen LogP contribution in [-0.2, 0) is 13.0 Å². The highest BCUT2D eigenvalue weighted by atomic mass is 19.3. The lowest BCUT2D eigenvalue weighted by atomic mass is 10.2. The van der Waals surface area contributed by atoms with Crippen LogP contribution in [0.15, 0.2) is 30.5 Å². The van der Waals surface area contributed by atoms with Gasteiger partial charge in [-0.05, 0) is 6.07 Å². The third-order valence-electron chi connectivity index (χ3n) is 2.48. The molecule has 0 radical (unpaired) electrons. The minimum Gasteiger partial charge on any atom is -0.434 e. The van der Waals surface area contributed by atoms with Crippen molar-refractivity contribution in [2.24, 2.45) is 0 Å². The van der Waals surface area contributed by atoms with Crippen LogP contribution in [0.1, 0.15) is 11.3 Å². The molecule has 1 N–H and O–H groups in total. The summed E-state index contributed by atoms with van der Waals surface area (Å²) in [6, 6.07) is 6.52. The van der Waals surface area contributed by atoms with Crippen LogP contribution in [0.4, 0.5) is 8.78 Å². The molecule has 0 amide bonds. The second-order valence-corrected chi connectivity index (χ2v) is 3.87. The van der Waals surface area contributed by atoms with Crippen molar-refractivity contribution in [3.63, 3.8) is 0 Å². The first-order chi connectivity index (χ1) is 9.19. The molecule has 7 heteroatoms. The molecule has 0 saturated heterocycles. The summed E-state index contributed by atoms with van der Waals surface area (Å²) in [5.74, 6) is 0.122. The third-order valence-corrected chi connectivity index (χ3v) is 2.48. The molecule has 1 heterocycles. The summed E-state index contributed by atoms with van der Waals surface area (Å²) in [4.78, 5) is 0. The van der Waals surface area contributed by atoms with Crippen molar-refractivity contribution >= 4 is 0 Å². The number of ether oxygens (including phenoxy) is 1. The molecule has 0 saturated carbocycles. The molecule has 1 aromatic heterocycles. The number of para-hydroxylation sites is 1. The summed E-state index contributed by atoms with van der Waals surface area (Å²) in [6.07, 6.45) is 2.07. The average molecular weight is 269 g/mol. The van der Waals surface area contributed by atoms with Crippen LogP contribution in [0.25, 0.3) is 0 Å². The molecular weight excluding hydrogens is 256 g/mol. The predicted molar refractivity (Wildman–Crippen MR) is 63.0 cm³/mol. The molecule has 2 rings (SSSR count). The Morgan fingerprint density at radius 1 is 1.32 bits per heavy atom. The van der Waals surface area contributed by atoms with Gasteiger partial charge in [0.05, 0.1) is 12.2 Å². The van der Waals surface area contributed by atoms with Gasteiger partial charge < -0.3 is 9.84 Å². The Balaban J connectivity index is 2.13. The fourth-order valence-corrected chi connectivity index (χ4v) is 1.66. The van der Waals surface area contributed by atoms with E-state index in [0.29, 0.717) is 17.7 Å². The topological polar surface area (TPSA) is 60.2 Å². The number of aliphatic hydroxyl groups is 1. The molecular formula is C12H13F2N3O2. The van der Waals surface area contributed by atoms with Gasteiger partial charge in [-0.25, -0.2) is 4.68 Å². The van der Waals surface area contributed by atoms with Crippen LogP contribution < -0.4 is 4.74 Å². The Hall–Kier alpha value is -2.02. The fourth-order valence-electron chi connectivity index (χ4n) is 1.66. The van der Waals surface area contributed by atoms with E-state index in [1.54, 1.807) is 24.4 Å². The summed E-state index contributed by atoms with van der Waals surface area (Å²) >= 11 is 0. The zero-order valence-electron chi connectivity index (χ0n) is 10.0. The van der Waals surface area contributed by atoms with Crippen molar-refractivity contribution in [1.29, 1.82) is 0 Å². The number of aliphatic hydroxyl groups excluding tert-OH is 1. The molecule has 0 spiro atoms. The summed E-state index contributed by atoms with van der Waals surface area (Å²) in [5, 5.41) is 16.5. The molecule has 102 valence electrons. The lowest BCUT2D eigenvalue weighted by Gasteiger charge is -2.09. The summed E-state index contributed by atoms with van der Waals surface area (Å²) < 4.78 is 30.5. The standard InChI is InChI=1S/C12H13F2N3O2/c13-12(14)19-11-4-2-1-3-9(11)7-17-8-10(5-6-18)15-16-17/h1-4,8,12,18H,5-7H2. The van der Waals surface area contributed by atoms with Gasteiger partial charge in [0, 0.05) is 24.8 Å². The maximum Gasteiger partial charge on any atom is 0.387 e. The van der Waals surface area contributed by atoms with Gasteiger partial charge in [0.1, 0.15) is 5.75 Å². The van der Waals surface area contributed by atoms with Gasteiger partial charge in [-0.1, -0.05) is 23.4 Å². The minimum absolute atomic E-state index is 0.0101. The Morgan fingerprint density at radius 3 is 2.84 bits per heavy atom. The SMILES string of the molecule is OCCc1cn(Cc2ccccc2OC(F)F)nn1. The number of benzene rings is 1. The van der Waals surface area contributed by atoms with Crippen molar-refractivity contribution in [2.75, 3.05) is 6.61 Å². The van der Waals surface area contributed by atoms with Crippen LogP contribution >= 0.6 is 0 Å². The van der Waals surface area contributed by atoms with Crippen molar-refractivity contribution < 1.29 is 18.6 Å². The van der Waals surface area contributed by atoms with E-state index in [1.165, 1.54) is 10.7 Å². The zero-order chi connectivity index (χ0) is 13.7. The number of aromatic nitrogens is 3. The van der Waals surface area contributed by atoms with Crippen LogP contribution in [0.2, 0.25) is 0 Å². The van der Waals surface area contributed by atoms with E-state index in [-0.39, 0.29) is 18.9 Å². The fraction of sp³-hybridized carbons (Fsp3) is 0.333. The number of hydrogen-bond donors (Lipinski definition) is 1. The van der Waals surface area contributed by atoms with Gasteiger partial charge in [-0.15, -0.1) is 5.10 Å². The summed E-state index contributed by atoms with van der Waals surface area (Å²) in [6.45, 7) is -2.59. The van der Waals surface area contributed by atoms with Gasteiger partial charge in [-0.2, -0.15) is 8.78 Å². The molecule has 0 fully saturated rings. The highest BCUT2D eigenvalue weighted by Gasteiger charge is 2.10. The van der Waals surface area contributed by atoms with Gasteiger partial charge in [0.2, 0.25) is 0 Å². The molecule has 0 aliphatic heterocycles. The van der Waals surface area contributed by atoms with Crippen LogP contribution in [0.3, 0.4) is 0 Å². The number of hydrogen-bond acceptors (Lipinski definition) is 4. The Labute approximate surface area is 108 Å².